The minimum Gasteiger partial charge on any atom is -0.468 e. The van der Waals surface area contributed by atoms with E-state index in [9.17, 15) is 9.90 Å². The number of aliphatic hydroxyl groups excluding tert-OH is 1. The van der Waals surface area contributed by atoms with Gasteiger partial charge in [0.1, 0.15) is 16.4 Å². The molecule has 27 heavy (non-hydrogen) atoms. The maximum absolute atomic E-state index is 12.6. The largest absolute Gasteiger partial charge is 0.468 e. The highest BCUT2D eigenvalue weighted by Gasteiger charge is 2.22. The van der Waals surface area contributed by atoms with Crippen LogP contribution in [0.2, 0.25) is 0 Å². The third kappa shape index (κ3) is 3.98. The quantitative estimate of drug-likeness (QED) is 0.613. The van der Waals surface area contributed by atoms with Gasteiger partial charge in [-0.3, -0.25) is 9.69 Å². The maximum Gasteiger partial charge on any atom is 0.259 e. The number of ether oxygens (including phenoxy) is 1. The lowest BCUT2D eigenvalue weighted by Gasteiger charge is -2.23. The molecule has 3 heterocycles. The van der Waals surface area contributed by atoms with Gasteiger partial charge in [0.15, 0.2) is 0 Å². The highest BCUT2D eigenvalue weighted by Crippen LogP contribution is 2.34. The Balaban J connectivity index is 1.58. The summed E-state index contributed by atoms with van der Waals surface area (Å²) in [5.41, 5.74) is 1.11. The van der Waals surface area contributed by atoms with E-state index in [2.05, 4.69) is 4.98 Å². The van der Waals surface area contributed by atoms with Crippen LogP contribution in [0.1, 0.15) is 28.4 Å². The first-order valence-electron chi connectivity index (χ1n) is 9.09. The van der Waals surface area contributed by atoms with Crippen LogP contribution in [-0.2, 0) is 30.7 Å². The second kappa shape index (κ2) is 7.93. The molecule has 4 rings (SSSR count). The molecule has 1 aliphatic carbocycles. The molecule has 0 bridgehead atoms. The first-order chi connectivity index (χ1) is 13.1. The van der Waals surface area contributed by atoms with Crippen LogP contribution >= 0.6 is 11.3 Å². The monoisotopic (exact) mass is 389 g/mol. The zero-order valence-electron chi connectivity index (χ0n) is 15.2. The lowest BCUT2D eigenvalue weighted by atomic mass is 10.2. The number of H-pyrrole nitrogens is 1. The number of rotatable bonds is 8. The third-order valence-electron chi connectivity index (χ3n) is 4.79. The topological polar surface area (TPSA) is 91.6 Å². The molecule has 0 amide bonds. The Morgan fingerprint density at radius 1 is 1.44 bits per heavy atom. The number of aryl methyl sites for hydroxylation is 2. The Hall–Kier alpha value is -2.00. The smallest absolute Gasteiger partial charge is 0.259 e. The van der Waals surface area contributed by atoms with Crippen molar-refractivity contribution in [2.75, 3.05) is 20.3 Å². The summed E-state index contributed by atoms with van der Waals surface area (Å²) in [5, 5.41) is 10.9. The summed E-state index contributed by atoms with van der Waals surface area (Å²) in [6.45, 7) is 1.55. The first-order valence-corrected chi connectivity index (χ1v) is 9.91. The normalized spacial score (nSPS) is 14.9. The highest BCUT2D eigenvalue weighted by molar-refractivity contribution is 7.18. The summed E-state index contributed by atoms with van der Waals surface area (Å²) in [6.07, 6.45) is 4.11. The van der Waals surface area contributed by atoms with Gasteiger partial charge in [-0.2, -0.15) is 0 Å². The van der Waals surface area contributed by atoms with Gasteiger partial charge >= 0.3 is 0 Å². The molecule has 7 nitrogen and oxygen atoms in total. The van der Waals surface area contributed by atoms with Crippen LogP contribution in [0.3, 0.4) is 0 Å². The number of aliphatic hydroxyl groups is 1. The van der Waals surface area contributed by atoms with Crippen molar-refractivity contribution in [1.29, 1.82) is 0 Å². The molecule has 3 aromatic heterocycles. The van der Waals surface area contributed by atoms with Crippen molar-refractivity contribution >= 4 is 21.6 Å². The van der Waals surface area contributed by atoms with Crippen molar-refractivity contribution in [3.63, 3.8) is 0 Å². The van der Waals surface area contributed by atoms with Gasteiger partial charge in [0.05, 0.1) is 37.4 Å². The number of nitrogens with zero attached hydrogens (tertiary/aromatic N) is 2. The Morgan fingerprint density at radius 3 is 3.11 bits per heavy atom. The Bertz CT molecular complexity index is 963. The van der Waals surface area contributed by atoms with Crippen LogP contribution in [0, 0.1) is 0 Å². The Kier molecular flexibility index (Phi) is 5.40. The summed E-state index contributed by atoms with van der Waals surface area (Å²) in [6, 6.07) is 3.72. The fourth-order valence-corrected chi connectivity index (χ4v) is 4.97. The first kappa shape index (κ1) is 18.4. The van der Waals surface area contributed by atoms with E-state index in [4.69, 9.17) is 14.1 Å². The summed E-state index contributed by atoms with van der Waals surface area (Å²) in [5.74, 6) is 1.39. The Morgan fingerprint density at radius 2 is 2.33 bits per heavy atom. The van der Waals surface area contributed by atoms with Gasteiger partial charge in [-0.05, 0) is 37.0 Å². The number of aromatic nitrogens is 2. The van der Waals surface area contributed by atoms with Crippen molar-refractivity contribution in [1.82, 2.24) is 14.9 Å². The van der Waals surface area contributed by atoms with Crippen LogP contribution < -0.4 is 5.56 Å². The third-order valence-corrected chi connectivity index (χ3v) is 5.97. The van der Waals surface area contributed by atoms with Crippen LogP contribution in [0.25, 0.3) is 10.2 Å². The fourth-order valence-electron chi connectivity index (χ4n) is 3.68. The molecule has 0 fully saturated rings. The van der Waals surface area contributed by atoms with Crippen molar-refractivity contribution in [2.24, 2.45) is 0 Å². The van der Waals surface area contributed by atoms with E-state index < -0.39 is 6.10 Å². The standard InChI is InChI=1S/C19H23N3O4S/c1-25-11-12(23)8-22(9-13-4-3-7-26-13)10-16-20-18(24)17-14-5-2-6-15(14)27-19(17)21-16/h3-4,7,12,23H,2,5-6,8-11H2,1H3,(H,20,21,24)/t12-/m0/s1. The van der Waals surface area contributed by atoms with E-state index in [1.54, 1.807) is 24.7 Å². The van der Waals surface area contributed by atoms with Gasteiger partial charge in [0.25, 0.3) is 5.56 Å². The SMILES string of the molecule is COC[C@@H](O)CN(Cc1nc2sc3c(c2c(=O)[nH]1)CCC3)Cc1ccco1. The molecule has 0 aliphatic heterocycles. The second-order valence-corrected chi connectivity index (χ2v) is 7.99. The molecule has 8 heteroatoms. The number of nitrogens with one attached hydrogen (secondary N) is 1. The van der Waals surface area contributed by atoms with Gasteiger partial charge < -0.3 is 19.2 Å². The number of hydrogen-bond donors (Lipinski definition) is 2. The molecule has 3 aromatic rings. The lowest BCUT2D eigenvalue weighted by Crippen LogP contribution is -2.35. The van der Waals surface area contributed by atoms with Gasteiger partial charge in [-0.15, -0.1) is 11.3 Å². The molecule has 0 aromatic carbocycles. The number of hydrogen-bond acceptors (Lipinski definition) is 7. The molecular formula is C19H23N3O4S. The summed E-state index contributed by atoms with van der Waals surface area (Å²) in [7, 11) is 1.56. The van der Waals surface area contributed by atoms with Crippen molar-refractivity contribution in [2.45, 2.75) is 38.5 Å². The average Bonchev–Trinajstić information content (AvgIpc) is 3.31. The van der Waals surface area contributed by atoms with Crippen molar-refractivity contribution < 1.29 is 14.3 Å². The van der Waals surface area contributed by atoms with E-state index in [0.29, 0.717) is 25.5 Å². The van der Waals surface area contributed by atoms with Crippen LogP contribution in [0.5, 0.6) is 0 Å². The van der Waals surface area contributed by atoms with E-state index in [-0.39, 0.29) is 12.2 Å². The summed E-state index contributed by atoms with van der Waals surface area (Å²) >= 11 is 1.63. The van der Waals surface area contributed by atoms with Crippen LogP contribution in [0.15, 0.2) is 27.6 Å². The molecule has 1 aliphatic rings. The molecule has 0 unspecified atom stereocenters. The molecule has 2 N–H and O–H groups in total. The zero-order chi connectivity index (χ0) is 18.8. The minimum absolute atomic E-state index is 0.0650. The minimum atomic E-state index is -0.633. The van der Waals surface area contributed by atoms with Gasteiger partial charge in [-0.1, -0.05) is 0 Å². The highest BCUT2D eigenvalue weighted by atomic mass is 32.1. The lowest BCUT2D eigenvalue weighted by molar-refractivity contribution is 0.0317. The van der Waals surface area contributed by atoms with Crippen LogP contribution in [-0.4, -0.2) is 46.3 Å². The number of aromatic amines is 1. The van der Waals surface area contributed by atoms with E-state index in [1.807, 2.05) is 17.0 Å². The predicted octanol–water partition coefficient (Wildman–Crippen LogP) is 2.08. The molecular weight excluding hydrogens is 366 g/mol. The van der Waals surface area contributed by atoms with E-state index >= 15 is 0 Å². The van der Waals surface area contributed by atoms with Crippen molar-refractivity contribution in [3.8, 4) is 0 Å². The van der Waals surface area contributed by atoms with Gasteiger partial charge in [0, 0.05) is 18.5 Å². The molecule has 0 saturated carbocycles. The van der Waals surface area contributed by atoms with Gasteiger partial charge in [-0.25, -0.2) is 4.98 Å². The van der Waals surface area contributed by atoms with E-state index in [1.165, 1.54) is 10.4 Å². The average molecular weight is 389 g/mol. The number of furan rings is 1. The van der Waals surface area contributed by atoms with E-state index in [0.717, 1.165) is 35.2 Å². The fraction of sp³-hybridized carbons (Fsp3) is 0.474. The number of fused-ring (bicyclic) bond motifs is 3. The maximum atomic E-state index is 12.6. The van der Waals surface area contributed by atoms with Crippen molar-refractivity contribution in [3.05, 3.63) is 50.8 Å². The number of thiophene rings is 1. The molecule has 0 saturated heterocycles. The summed E-state index contributed by atoms with van der Waals surface area (Å²) < 4.78 is 10.5. The molecule has 0 radical (unpaired) electrons. The van der Waals surface area contributed by atoms with Crippen LogP contribution in [0.4, 0.5) is 0 Å². The molecule has 0 spiro atoms. The number of methoxy groups -OCH3 is 1. The zero-order valence-corrected chi connectivity index (χ0v) is 16.1. The predicted molar refractivity (Wildman–Crippen MR) is 103 cm³/mol. The van der Waals surface area contributed by atoms with Gasteiger partial charge in [0.2, 0.25) is 0 Å². The Labute approximate surface area is 160 Å². The molecule has 144 valence electrons. The molecule has 1 atom stereocenters. The second-order valence-electron chi connectivity index (χ2n) is 6.91. The summed E-state index contributed by atoms with van der Waals surface area (Å²) in [4.78, 5) is 24.4.